The fourth-order valence-electron chi connectivity index (χ4n) is 7.58. The number of para-hydroxylation sites is 4. The summed E-state index contributed by atoms with van der Waals surface area (Å²) in [5, 5.41) is 4.77. The minimum Gasteiger partial charge on any atom is -0.309 e. The van der Waals surface area contributed by atoms with E-state index < -0.39 is 0 Å². The Labute approximate surface area is 289 Å². The normalized spacial score (nSPS) is 11.6. The Bertz CT molecular complexity index is 2740. The van der Waals surface area contributed by atoms with Gasteiger partial charge in [0.25, 0.3) is 0 Å². The number of benzene rings is 7. The number of hydrogen-bond donors (Lipinski definition) is 0. The van der Waals surface area contributed by atoms with E-state index in [2.05, 4.69) is 167 Å². The second-order valence-electron chi connectivity index (χ2n) is 12.6. The quantitative estimate of drug-likeness (QED) is 0.188. The van der Waals surface area contributed by atoms with E-state index in [-0.39, 0.29) is 0 Å². The molecule has 234 valence electrons. The van der Waals surface area contributed by atoms with E-state index in [9.17, 15) is 0 Å². The van der Waals surface area contributed by atoms with Crippen LogP contribution in [-0.4, -0.2) is 19.1 Å². The molecule has 0 radical (unpaired) electrons. The van der Waals surface area contributed by atoms with Crippen molar-refractivity contribution in [2.75, 3.05) is 0 Å². The van der Waals surface area contributed by atoms with Gasteiger partial charge in [-0.1, -0.05) is 133 Å². The SMILES string of the molecule is c1ccc(-c2cc(-c3c(-n4c5ccccc5c5ccccc54)ccc4c3c3ccccc3n4-c3ccccc3)nc(-c3ccccc3)n2)cc1. The van der Waals surface area contributed by atoms with Gasteiger partial charge in [0.2, 0.25) is 0 Å². The van der Waals surface area contributed by atoms with Crippen LogP contribution in [0, 0.1) is 0 Å². The summed E-state index contributed by atoms with van der Waals surface area (Å²) in [6.45, 7) is 0. The highest BCUT2D eigenvalue weighted by Gasteiger charge is 2.24. The predicted molar refractivity (Wildman–Crippen MR) is 207 cm³/mol. The van der Waals surface area contributed by atoms with Gasteiger partial charge in [0, 0.05) is 43.9 Å². The van der Waals surface area contributed by atoms with Crippen LogP contribution in [-0.2, 0) is 0 Å². The molecular formula is C46H30N4. The average molecular weight is 639 g/mol. The van der Waals surface area contributed by atoms with Crippen LogP contribution in [0.1, 0.15) is 0 Å². The van der Waals surface area contributed by atoms with E-state index in [0.717, 1.165) is 66.9 Å². The summed E-state index contributed by atoms with van der Waals surface area (Å²) < 4.78 is 4.79. The Kier molecular flexibility index (Phi) is 6.46. The third-order valence-electron chi connectivity index (χ3n) is 9.74. The molecule has 0 saturated heterocycles. The van der Waals surface area contributed by atoms with Crippen molar-refractivity contribution in [2.45, 2.75) is 0 Å². The van der Waals surface area contributed by atoms with Crippen molar-refractivity contribution in [3.05, 3.63) is 182 Å². The van der Waals surface area contributed by atoms with Gasteiger partial charge in [-0.2, -0.15) is 0 Å². The molecule has 10 rings (SSSR count). The lowest BCUT2D eigenvalue weighted by atomic mass is 9.99. The summed E-state index contributed by atoms with van der Waals surface area (Å²) in [7, 11) is 0. The molecule has 0 fully saturated rings. The maximum atomic E-state index is 5.44. The zero-order valence-corrected chi connectivity index (χ0v) is 27.1. The molecule has 3 heterocycles. The fourth-order valence-corrected chi connectivity index (χ4v) is 7.58. The minimum atomic E-state index is 0.693. The van der Waals surface area contributed by atoms with E-state index in [1.165, 1.54) is 16.2 Å². The monoisotopic (exact) mass is 638 g/mol. The maximum absolute atomic E-state index is 5.44. The molecule has 3 aromatic heterocycles. The van der Waals surface area contributed by atoms with Gasteiger partial charge in [0.05, 0.1) is 39.1 Å². The van der Waals surface area contributed by atoms with Crippen LogP contribution in [0.25, 0.3) is 88.9 Å². The van der Waals surface area contributed by atoms with Crippen molar-refractivity contribution >= 4 is 43.6 Å². The topological polar surface area (TPSA) is 35.6 Å². The first-order valence-corrected chi connectivity index (χ1v) is 16.9. The fraction of sp³-hybridized carbons (Fsp3) is 0. The molecule has 0 spiro atoms. The zero-order chi connectivity index (χ0) is 33.0. The van der Waals surface area contributed by atoms with Crippen molar-refractivity contribution in [2.24, 2.45) is 0 Å². The van der Waals surface area contributed by atoms with Gasteiger partial charge in [-0.25, -0.2) is 9.97 Å². The lowest BCUT2D eigenvalue weighted by Gasteiger charge is -2.17. The Morgan fingerprint density at radius 1 is 0.360 bits per heavy atom. The van der Waals surface area contributed by atoms with E-state index in [1.54, 1.807) is 0 Å². The average Bonchev–Trinajstić information content (AvgIpc) is 3.71. The molecule has 4 nitrogen and oxygen atoms in total. The Morgan fingerprint density at radius 3 is 1.50 bits per heavy atom. The molecule has 0 aliphatic rings. The van der Waals surface area contributed by atoms with E-state index in [4.69, 9.17) is 9.97 Å². The summed E-state index contributed by atoms with van der Waals surface area (Å²) in [5.41, 5.74) is 11.6. The molecule has 0 N–H and O–H groups in total. The molecule has 0 aliphatic heterocycles. The number of nitrogens with zero attached hydrogens (tertiary/aromatic N) is 4. The molecule has 0 atom stereocenters. The summed E-state index contributed by atoms with van der Waals surface area (Å²) in [5.74, 6) is 0.693. The largest absolute Gasteiger partial charge is 0.309 e. The summed E-state index contributed by atoms with van der Waals surface area (Å²) >= 11 is 0. The highest BCUT2D eigenvalue weighted by Crippen LogP contribution is 2.44. The highest BCUT2D eigenvalue weighted by molar-refractivity contribution is 6.18. The van der Waals surface area contributed by atoms with Crippen LogP contribution >= 0.6 is 0 Å². The third kappa shape index (κ3) is 4.39. The van der Waals surface area contributed by atoms with E-state index >= 15 is 0 Å². The van der Waals surface area contributed by atoms with Gasteiger partial charge in [0.1, 0.15) is 0 Å². The molecule has 0 bridgehead atoms. The summed E-state index contributed by atoms with van der Waals surface area (Å²) in [6.07, 6.45) is 0. The molecule has 0 amide bonds. The molecular weight excluding hydrogens is 609 g/mol. The summed E-state index contributed by atoms with van der Waals surface area (Å²) in [4.78, 5) is 10.6. The van der Waals surface area contributed by atoms with Gasteiger partial charge in [-0.15, -0.1) is 0 Å². The maximum Gasteiger partial charge on any atom is 0.160 e. The Hall–Kier alpha value is -6.78. The van der Waals surface area contributed by atoms with E-state index in [0.29, 0.717) is 5.82 Å². The van der Waals surface area contributed by atoms with Crippen LogP contribution in [0.3, 0.4) is 0 Å². The molecule has 0 aliphatic carbocycles. The lowest BCUT2D eigenvalue weighted by Crippen LogP contribution is -2.02. The number of aromatic nitrogens is 4. The Morgan fingerprint density at radius 2 is 0.860 bits per heavy atom. The summed E-state index contributed by atoms with van der Waals surface area (Å²) in [6, 6.07) is 64.2. The van der Waals surface area contributed by atoms with Crippen LogP contribution < -0.4 is 0 Å². The smallest absolute Gasteiger partial charge is 0.160 e. The molecule has 50 heavy (non-hydrogen) atoms. The van der Waals surface area contributed by atoms with Crippen molar-refractivity contribution < 1.29 is 0 Å². The Balaban J connectivity index is 1.40. The van der Waals surface area contributed by atoms with Gasteiger partial charge in [-0.3, -0.25) is 0 Å². The zero-order valence-electron chi connectivity index (χ0n) is 27.1. The van der Waals surface area contributed by atoms with E-state index in [1.807, 2.05) is 24.3 Å². The van der Waals surface area contributed by atoms with Crippen LogP contribution in [0.15, 0.2) is 182 Å². The van der Waals surface area contributed by atoms with Gasteiger partial charge in [0.15, 0.2) is 5.82 Å². The number of fused-ring (bicyclic) bond motifs is 6. The lowest BCUT2D eigenvalue weighted by molar-refractivity contribution is 1.15. The van der Waals surface area contributed by atoms with Crippen molar-refractivity contribution in [1.29, 1.82) is 0 Å². The van der Waals surface area contributed by atoms with Crippen molar-refractivity contribution in [1.82, 2.24) is 19.1 Å². The second-order valence-corrected chi connectivity index (χ2v) is 12.6. The van der Waals surface area contributed by atoms with Crippen LogP contribution in [0.2, 0.25) is 0 Å². The predicted octanol–water partition coefficient (Wildman–Crippen LogP) is 11.7. The first-order valence-electron chi connectivity index (χ1n) is 16.9. The van der Waals surface area contributed by atoms with Gasteiger partial charge < -0.3 is 9.13 Å². The molecule has 0 saturated carbocycles. The molecule has 0 unspecified atom stereocenters. The van der Waals surface area contributed by atoms with Crippen LogP contribution in [0.5, 0.6) is 0 Å². The third-order valence-corrected chi connectivity index (χ3v) is 9.74. The minimum absolute atomic E-state index is 0.693. The van der Waals surface area contributed by atoms with Crippen molar-refractivity contribution in [3.63, 3.8) is 0 Å². The van der Waals surface area contributed by atoms with Crippen molar-refractivity contribution in [3.8, 4) is 45.3 Å². The standard InChI is InChI=1S/C46H30N4/c1-4-16-31(17-5-1)37-30-38(48-46(47-37)32-18-6-2-7-19-32)45-43(50-39-25-13-10-22-34(39)35-23-11-14-26-40(35)50)29-28-42-44(45)36-24-12-15-27-41(36)49(42)33-20-8-3-9-21-33/h1-30H. The first kappa shape index (κ1) is 28.3. The second kappa shape index (κ2) is 11.4. The van der Waals surface area contributed by atoms with Gasteiger partial charge in [-0.05, 0) is 48.5 Å². The first-order chi connectivity index (χ1) is 24.8. The molecule has 4 heteroatoms. The number of rotatable bonds is 5. The number of hydrogen-bond acceptors (Lipinski definition) is 2. The van der Waals surface area contributed by atoms with Gasteiger partial charge >= 0.3 is 0 Å². The highest BCUT2D eigenvalue weighted by atomic mass is 15.0. The molecule has 10 aromatic rings. The molecule has 7 aromatic carbocycles. The van der Waals surface area contributed by atoms with Crippen LogP contribution in [0.4, 0.5) is 0 Å².